The van der Waals surface area contributed by atoms with Gasteiger partial charge in [-0.2, -0.15) is 0 Å². The van der Waals surface area contributed by atoms with Gasteiger partial charge in [0.25, 0.3) is 5.91 Å². The van der Waals surface area contributed by atoms with E-state index in [1.165, 1.54) is 29.5 Å². The monoisotopic (exact) mass is 337 g/mol. The van der Waals surface area contributed by atoms with Crippen molar-refractivity contribution < 1.29 is 9.53 Å². The van der Waals surface area contributed by atoms with Crippen molar-refractivity contribution in [3.63, 3.8) is 0 Å². The molecule has 132 valence electrons. The van der Waals surface area contributed by atoms with Crippen LogP contribution >= 0.6 is 0 Å². The van der Waals surface area contributed by atoms with E-state index in [1.807, 2.05) is 25.1 Å². The standard InChI is InChI=1S/C22H27NO2/c1-15-8-4-7-11-21(15)16(2)23-22(24)17(3)25-20-13-12-18-9-5-6-10-19(18)14-20/h4,7-8,11-14,16-17H,5-6,9-10H2,1-3H3,(H,23,24)/t16-,17-/m0/s1. The molecular formula is C22H27NO2. The zero-order valence-corrected chi connectivity index (χ0v) is 15.3. The Labute approximate surface area is 150 Å². The van der Waals surface area contributed by atoms with Crippen LogP contribution in [0, 0.1) is 6.92 Å². The van der Waals surface area contributed by atoms with E-state index >= 15 is 0 Å². The van der Waals surface area contributed by atoms with E-state index < -0.39 is 6.10 Å². The molecule has 0 radical (unpaired) electrons. The maximum atomic E-state index is 12.5. The maximum Gasteiger partial charge on any atom is 0.261 e. The van der Waals surface area contributed by atoms with Crippen LogP contribution in [-0.2, 0) is 17.6 Å². The average molecular weight is 337 g/mol. The normalized spacial score (nSPS) is 15.8. The van der Waals surface area contributed by atoms with E-state index in [-0.39, 0.29) is 11.9 Å². The minimum Gasteiger partial charge on any atom is -0.481 e. The van der Waals surface area contributed by atoms with Crippen LogP contribution in [-0.4, -0.2) is 12.0 Å². The Bertz CT molecular complexity index is 753. The summed E-state index contributed by atoms with van der Waals surface area (Å²) in [6.07, 6.45) is 4.24. The van der Waals surface area contributed by atoms with Gasteiger partial charge in [-0.15, -0.1) is 0 Å². The van der Waals surface area contributed by atoms with Crippen LogP contribution in [0.25, 0.3) is 0 Å². The van der Waals surface area contributed by atoms with E-state index in [0.717, 1.165) is 24.2 Å². The van der Waals surface area contributed by atoms with Crippen LogP contribution in [0.4, 0.5) is 0 Å². The number of nitrogens with one attached hydrogen (secondary N) is 1. The molecule has 2 aromatic carbocycles. The number of rotatable bonds is 5. The second-order valence-corrected chi connectivity index (χ2v) is 6.98. The number of carbonyl (C=O) groups is 1. The molecule has 0 fully saturated rings. The molecule has 0 spiro atoms. The van der Waals surface area contributed by atoms with Crippen molar-refractivity contribution in [1.82, 2.24) is 5.32 Å². The maximum absolute atomic E-state index is 12.5. The number of ether oxygens (including phenoxy) is 1. The summed E-state index contributed by atoms with van der Waals surface area (Å²) in [5.74, 6) is 0.695. The lowest BCUT2D eigenvalue weighted by atomic mass is 9.92. The molecule has 1 amide bonds. The summed E-state index contributed by atoms with van der Waals surface area (Å²) in [7, 11) is 0. The molecule has 2 aromatic rings. The third-order valence-corrected chi connectivity index (χ3v) is 5.02. The summed E-state index contributed by atoms with van der Waals surface area (Å²) in [6.45, 7) is 5.87. The molecule has 0 heterocycles. The minimum atomic E-state index is -0.520. The van der Waals surface area contributed by atoms with Crippen molar-refractivity contribution in [3.8, 4) is 5.75 Å². The molecule has 3 heteroatoms. The molecule has 0 saturated carbocycles. The van der Waals surface area contributed by atoms with Crippen LogP contribution in [0.2, 0.25) is 0 Å². The predicted octanol–water partition coefficient (Wildman–Crippen LogP) is 4.52. The van der Waals surface area contributed by atoms with Gasteiger partial charge in [-0.3, -0.25) is 4.79 Å². The Morgan fingerprint density at radius 3 is 2.52 bits per heavy atom. The lowest BCUT2D eigenvalue weighted by molar-refractivity contribution is -0.127. The third-order valence-electron chi connectivity index (χ3n) is 5.02. The molecule has 3 nitrogen and oxygen atoms in total. The van der Waals surface area contributed by atoms with Gasteiger partial charge >= 0.3 is 0 Å². The molecule has 2 atom stereocenters. The summed E-state index contributed by atoms with van der Waals surface area (Å²) >= 11 is 0. The highest BCUT2D eigenvalue weighted by Gasteiger charge is 2.19. The van der Waals surface area contributed by atoms with E-state index in [0.29, 0.717) is 0 Å². The van der Waals surface area contributed by atoms with Crippen molar-refractivity contribution >= 4 is 5.91 Å². The molecule has 1 aliphatic carbocycles. The number of carbonyl (C=O) groups excluding carboxylic acids is 1. The number of aryl methyl sites for hydroxylation is 3. The third kappa shape index (κ3) is 4.22. The largest absolute Gasteiger partial charge is 0.481 e. The van der Waals surface area contributed by atoms with Gasteiger partial charge in [0.15, 0.2) is 6.10 Å². The first-order valence-corrected chi connectivity index (χ1v) is 9.19. The van der Waals surface area contributed by atoms with Crippen molar-refractivity contribution in [2.75, 3.05) is 0 Å². The van der Waals surface area contributed by atoms with Crippen LogP contribution in [0.15, 0.2) is 42.5 Å². The quantitative estimate of drug-likeness (QED) is 0.871. The van der Waals surface area contributed by atoms with Gasteiger partial charge in [0.05, 0.1) is 6.04 Å². The first-order chi connectivity index (χ1) is 12.0. The van der Waals surface area contributed by atoms with Crippen LogP contribution in [0.3, 0.4) is 0 Å². The fraction of sp³-hybridized carbons (Fsp3) is 0.409. The number of amides is 1. The van der Waals surface area contributed by atoms with Crippen LogP contribution in [0.1, 0.15) is 55.0 Å². The summed E-state index contributed by atoms with van der Waals surface area (Å²) in [5.41, 5.74) is 5.10. The fourth-order valence-electron chi connectivity index (χ4n) is 3.52. The summed E-state index contributed by atoms with van der Waals surface area (Å²) in [4.78, 5) is 12.5. The summed E-state index contributed by atoms with van der Waals surface area (Å²) < 4.78 is 5.90. The SMILES string of the molecule is Cc1ccccc1[C@H](C)NC(=O)[C@H](C)Oc1ccc2c(c1)CCCC2. The number of benzene rings is 2. The number of hydrogen-bond acceptors (Lipinski definition) is 2. The highest BCUT2D eigenvalue weighted by molar-refractivity contribution is 5.81. The Kier molecular flexibility index (Phi) is 5.42. The molecule has 25 heavy (non-hydrogen) atoms. The van der Waals surface area contributed by atoms with Crippen LogP contribution < -0.4 is 10.1 Å². The first-order valence-electron chi connectivity index (χ1n) is 9.19. The van der Waals surface area contributed by atoms with Gasteiger partial charge in [-0.25, -0.2) is 0 Å². The Balaban J connectivity index is 1.62. The second kappa shape index (κ2) is 7.73. The molecule has 3 rings (SSSR count). The topological polar surface area (TPSA) is 38.3 Å². The lowest BCUT2D eigenvalue weighted by Gasteiger charge is -2.21. The summed E-state index contributed by atoms with van der Waals surface area (Å²) in [5, 5.41) is 3.06. The Morgan fingerprint density at radius 2 is 1.76 bits per heavy atom. The van der Waals surface area contributed by atoms with Crippen molar-refractivity contribution in [3.05, 3.63) is 64.7 Å². The zero-order chi connectivity index (χ0) is 17.8. The van der Waals surface area contributed by atoms with E-state index in [1.54, 1.807) is 6.92 Å². The Morgan fingerprint density at radius 1 is 1.04 bits per heavy atom. The molecule has 0 unspecified atom stereocenters. The van der Waals surface area contributed by atoms with Gasteiger partial charge in [0, 0.05) is 0 Å². The average Bonchev–Trinajstić information content (AvgIpc) is 2.61. The minimum absolute atomic E-state index is 0.0386. The van der Waals surface area contributed by atoms with Crippen molar-refractivity contribution in [2.24, 2.45) is 0 Å². The molecule has 0 saturated heterocycles. The van der Waals surface area contributed by atoms with E-state index in [2.05, 4.69) is 36.5 Å². The molecule has 0 aliphatic heterocycles. The van der Waals surface area contributed by atoms with Gasteiger partial charge in [0.2, 0.25) is 0 Å². The fourth-order valence-corrected chi connectivity index (χ4v) is 3.52. The van der Waals surface area contributed by atoms with Gasteiger partial charge in [0.1, 0.15) is 5.75 Å². The predicted molar refractivity (Wildman–Crippen MR) is 101 cm³/mol. The first kappa shape index (κ1) is 17.5. The van der Waals surface area contributed by atoms with E-state index in [9.17, 15) is 4.79 Å². The molecule has 1 aliphatic rings. The highest BCUT2D eigenvalue weighted by atomic mass is 16.5. The lowest BCUT2D eigenvalue weighted by Crippen LogP contribution is -2.38. The summed E-state index contributed by atoms with van der Waals surface area (Å²) in [6, 6.07) is 14.3. The van der Waals surface area contributed by atoms with Gasteiger partial charge < -0.3 is 10.1 Å². The van der Waals surface area contributed by atoms with Crippen molar-refractivity contribution in [2.45, 2.75) is 58.6 Å². The van der Waals surface area contributed by atoms with Gasteiger partial charge in [-0.05, 0) is 80.8 Å². The number of hydrogen-bond donors (Lipinski definition) is 1. The molecule has 1 N–H and O–H groups in total. The highest BCUT2D eigenvalue weighted by Crippen LogP contribution is 2.26. The van der Waals surface area contributed by atoms with Crippen molar-refractivity contribution in [1.29, 1.82) is 0 Å². The van der Waals surface area contributed by atoms with E-state index in [4.69, 9.17) is 4.74 Å². The molecule has 0 aromatic heterocycles. The molecular weight excluding hydrogens is 310 g/mol. The Hall–Kier alpha value is -2.29. The smallest absolute Gasteiger partial charge is 0.261 e. The second-order valence-electron chi connectivity index (χ2n) is 6.98. The zero-order valence-electron chi connectivity index (χ0n) is 15.3. The van der Waals surface area contributed by atoms with Gasteiger partial charge in [-0.1, -0.05) is 30.3 Å². The van der Waals surface area contributed by atoms with Crippen LogP contribution in [0.5, 0.6) is 5.75 Å². The number of fused-ring (bicyclic) bond motifs is 1. The molecule has 0 bridgehead atoms.